The van der Waals surface area contributed by atoms with Crippen LogP contribution < -0.4 is 5.32 Å². The van der Waals surface area contributed by atoms with Crippen LogP contribution in [0.5, 0.6) is 0 Å². The second-order valence-corrected chi connectivity index (χ2v) is 6.35. The van der Waals surface area contributed by atoms with Crippen molar-refractivity contribution in [1.82, 2.24) is 20.1 Å². The summed E-state index contributed by atoms with van der Waals surface area (Å²) in [5, 5.41) is 7.82. The van der Waals surface area contributed by atoms with Gasteiger partial charge in [-0.15, -0.1) is 0 Å². The van der Waals surface area contributed by atoms with Crippen LogP contribution in [0.2, 0.25) is 5.02 Å². The molecule has 3 rings (SSSR count). The zero-order chi connectivity index (χ0) is 15.6. The fourth-order valence-corrected chi connectivity index (χ4v) is 3.04. The van der Waals surface area contributed by atoms with Gasteiger partial charge in [0.1, 0.15) is 18.7 Å². The Morgan fingerprint density at radius 3 is 2.68 bits per heavy atom. The molecule has 0 saturated heterocycles. The minimum absolute atomic E-state index is 0.0364. The van der Waals surface area contributed by atoms with E-state index >= 15 is 0 Å². The summed E-state index contributed by atoms with van der Waals surface area (Å²) in [6.07, 6.45) is 6.36. The van der Waals surface area contributed by atoms with E-state index in [1.54, 1.807) is 11.0 Å². The number of nitrogens with zero attached hydrogens (tertiary/aromatic N) is 3. The summed E-state index contributed by atoms with van der Waals surface area (Å²) in [6, 6.07) is 7.60. The molecule has 0 bridgehead atoms. The molecule has 22 heavy (non-hydrogen) atoms. The van der Waals surface area contributed by atoms with E-state index < -0.39 is 0 Å². The average molecular weight is 319 g/mol. The Hall–Kier alpha value is -1.88. The lowest BCUT2D eigenvalue weighted by atomic mass is 9.64. The Morgan fingerprint density at radius 1 is 1.41 bits per heavy atom. The molecule has 1 N–H and O–H groups in total. The molecule has 1 saturated carbocycles. The summed E-state index contributed by atoms with van der Waals surface area (Å²) < 4.78 is 1.56. The van der Waals surface area contributed by atoms with Crippen molar-refractivity contribution in [2.75, 3.05) is 6.54 Å². The molecule has 1 unspecified atom stereocenters. The van der Waals surface area contributed by atoms with Gasteiger partial charge in [-0.2, -0.15) is 5.10 Å². The fourth-order valence-electron chi connectivity index (χ4n) is 2.92. The number of halogens is 1. The van der Waals surface area contributed by atoms with Gasteiger partial charge in [-0.05, 0) is 37.5 Å². The zero-order valence-corrected chi connectivity index (χ0v) is 13.3. The first-order valence-corrected chi connectivity index (χ1v) is 7.86. The Labute approximate surface area is 134 Å². The Kier molecular flexibility index (Phi) is 4.16. The summed E-state index contributed by atoms with van der Waals surface area (Å²) >= 11 is 5.96. The summed E-state index contributed by atoms with van der Waals surface area (Å²) in [5.41, 5.74) is 1.29. The average Bonchev–Trinajstić information content (AvgIpc) is 3.01. The molecule has 1 atom stereocenters. The van der Waals surface area contributed by atoms with Crippen LogP contribution in [0, 0.1) is 0 Å². The number of rotatable bonds is 5. The van der Waals surface area contributed by atoms with Crippen LogP contribution in [0.4, 0.5) is 0 Å². The van der Waals surface area contributed by atoms with E-state index in [1.807, 2.05) is 19.1 Å². The standard InChI is InChI=1S/C16H19ClN4O/c1-12(21-11-18-10-20-21)15(22)19-9-16(7-2-8-16)13-3-5-14(17)6-4-13/h3-6,10-12H,2,7-9H2,1H3,(H,19,22). The Morgan fingerprint density at radius 2 is 2.14 bits per heavy atom. The molecular formula is C16H19ClN4O. The molecule has 6 heteroatoms. The lowest BCUT2D eigenvalue weighted by Crippen LogP contribution is -2.46. The monoisotopic (exact) mass is 318 g/mol. The van der Waals surface area contributed by atoms with E-state index in [2.05, 4.69) is 27.5 Å². The van der Waals surface area contributed by atoms with Crippen molar-refractivity contribution in [3.05, 3.63) is 47.5 Å². The molecule has 0 aliphatic heterocycles. The van der Waals surface area contributed by atoms with Gasteiger partial charge in [0.25, 0.3) is 0 Å². The quantitative estimate of drug-likeness (QED) is 0.922. The van der Waals surface area contributed by atoms with E-state index in [-0.39, 0.29) is 17.4 Å². The minimum atomic E-state index is -0.357. The van der Waals surface area contributed by atoms with Crippen LogP contribution in [0.1, 0.15) is 37.8 Å². The van der Waals surface area contributed by atoms with Gasteiger partial charge in [-0.3, -0.25) is 4.79 Å². The SMILES string of the molecule is CC(C(=O)NCC1(c2ccc(Cl)cc2)CCC1)n1cncn1. The van der Waals surface area contributed by atoms with Gasteiger partial charge in [0.05, 0.1) is 0 Å². The van der Waals surface area contributed by atoms with Gasteiger partial charge >= 0.3 is 0 Å². The number of hydrogen-bond donors (Lipinski definition) is 1. The lowest BCUT2D eigenvalue weighted by Gasteiger charge is -2.42. The second kappa shape index (κ2) is 6.08. The van der Waals surface area contributed by atoms with Crippen LogP contribution in [0.15, 0.2) is 36.9 Å². The molecule has 1 aromatic carbocycles. The molecule has 2 aromatic rings. The van der Waals surface area contributed by atoms with Gasteiger partial charge in [0.2, 0.25) is 5.91 Å². The van der Waals surface area contributed by atoms with Gasteiger partial charge in [-0.25, -0.2) is 9.67 Å². The molecule has 0 spiro atoms. The Balaban J connectivity index is 1.66. The van der Waals surface area contributed by atoms with Crippen molar-refractivity contribution in [2.45, 2.75) is 37.6 Å². The first-order chi connectivity index (χ1) is 10.6. The molecular weight excluding hydrogens is 300 g/mol. The van der Waals surface area contributed by atoms with E-state index in [0.717, 1.165) is 17.9 Å². The Bertz CT molecular complexity index is 635. The third-order valence-electron chi connectivity index (χ3n) is 4.58. The topological polar surface area (TPSA) is 59.8 Å². The third kappa shape index (κ3) is 2.86. The highest BCUT2D eigenvalue weighted by Crippen LogP contribution is 2.43. The van der Waals surface area contributed by atoms with Crippen LogP contribution in [0.3, 0.4) is 0 Å². The highest BCUT2D eigenvalue weighted by atomic mass is 35.5. The van der Waals surface area contributed by atoms with Gasteiger partial charge in [0, 0.05) is 17.0 Å². The summed E-state index contributed by atoms with van der Waals surface area (Å²) in [4.78, 5) is 16.2. The predicted molar refractivity (Wildman–Crippen MR) is 84.7 cm³/mol. The number of aromatic nitrogens is 3. The van der Waals surface area contributed by atoms with Crippen molar-refractivity contribution in [2.24, 2.45) is 0 Å². The lowest BCUT2D eigenvalue weighted by molar-refractivity contribution is -0.124. The number of nitrogens with one attached hydrogen (secondary N) is 1. The maximum absolute atomic E-state index is 12.3. The first kappa shape index (κ1) is 15.0. The molecule has 1 aromatic heterocycles. The fraction of sp³-hybridized carbons (Fsp3) is 0.438. The van der Waals surface area contributed by atoms with E-state index in [9.17, 15) is 4.79 Å². The van der Waals surface area contributed by atoms with Crippen LogP contribution in [-0.4, -0.2) is 27.2 Å². The summed E-state index contributed by atoms with van der Waals surface area (Å²) in [5.74, 6) is -0.0364. The molecule has 1 fully saturated rings. The molecule has 0 radical (unpaired) electrons. The summed E-state index contributed by atoms with van der Waals surface area (Å²) in [6.45, 7) is 2.46. The molecule has 1 amide bonds. The molecule has 116 valence electrons. The summed E-state index contributed by atoms with van der Waals surface area (Å²) in [7, 11) is 0. The normalized spacial score (nSPS) is 17.5. The number of carbonyl (C=O) groups excluding carboxylic acids is 1. The predicted octanol–water partition coefficient (Wildman–Crippen LogP) is 2.73. The maximum Gasteiger partial charge on any atom is 0.244 e. The number of hydrogen-bond acceptors (Lipinski definition) is 3. The molecule has 5 nitrogen and oxygen atoms in total. The van der Waals surface area contributed by atoms with Crippen LogP contribution in [0.25, 0.3) is 0 Å². The largest absolute Gasteiger partial charge is 0.353 e. The minimum Gasteiger partial charge on any atom is -0.353 e. The maximum atomic E-state index is 12.3. The van der Waals surface area contributed by atoms with E-state index in [1.165, 1.54) is 18.3 Å². The molecule has 1 heterocycles. The van der Waals surface area contributed by atoms with Gasteiger partial charge in [-0.1, -0.05) is 30.2 Å². The second-order valence-electron chi connectivity index (χ2n) is 5.91. The number of benzene rings is 1. The van der Waals surface area contributed by atoms with E-state index in [0.29, 0.717) is 6.54 Å². The highest BCUT2D eigenvalue weighted by molar-refractivity contribution is 6.30. The van der Waals surface area contributed by atoms with Crippen molar-refractivity contribution < 1.29 is 4.79 Å². The smallest absolute Gasteiger partial charge is 0.244 e. The molecule has 1 aliphatic carbocycles. The van der Waals surface area contributed by atoms with Crippen molar-refractivity contribution in [3.63, 3.8) is 0 Å². The number of carbonyl (C=O) groups is 1. The zero-order valence-electron chi connectivity index (χ0n) is 12.5. The molecule has 1 aliphatic rings. The van der Waals surface area contributed by atoms with Crippen molar-refractivity contribution in [1.29, 1.82) is 0 Å². The number of amides is 1. The van der Waals surface area contributed by atoms with Crippen LogP contribution in [-0.2, 0) is 10.2 Å². The van der Waals surface area contributed by atoms with Gasteiger partial charge < -0.3 is 5.32 Å². The van der Waals surface area contributed by atoms with Crippen molar-refractivity contribution >= 4 is 17.5 Å². The first-order valence-electron chi connectivity index (χ1n) is 7.49. The highest BCUT2D eigenvalue weighted by Gasteiger charge is 2.39. The van der Waals surface area contributed by atoms with Gasteiger partial charge in [0.15, 0.2) is 0 Å². The van der Waals surface area contributed by atoms with Crippen molar-refractivity contribution in [3.8, 4) is 0 Å². The third-order valence-corrected chi connectivity index (χ3v) is 4.83. The van der Waals surface area contributed by atoms with Crippen LogP contribution >= 0.6 is 11.6 Å². The van der Waals surface area contributed by atoms with E-state index in [4.69, 9.17) is 11.6 Å².